The van der Waals surface area contributed by atoms with Gasteiger partial charge in [0.1, 0.15) is 0 Å². The number of nitrogens with zero attached hydrogens (tertiary/aromatic N) is 1. The van der Waals surface area contributed by atoms with E-state index in [-0.39, 0.29) is 11.8 Å². The SMILES string of the molecule is CC(=O)Nc1ccccc1NC(=O)c1cccnc1. The van der Waals surface area contributed by atoms with Crippen molar-refractivity contribution in [2.75, 3.05) is 10.6 Å². The molecule has 0 saturated carbocycles. The van der Waals surface area contributed by atoms with Crippen molar-refractivity contribution >= 4 is 23.2 Å². The molecule has 1 aromatic carbocycles. The van der Waals surface area contributed by atoms with Crippen molar-refractivity contribution in [1.82, 2.24) is 4.98 Å². The van der Waals surface area contributed by atoms with Crippen molar-refractivity contribution in [2.24, 2.45) is 0 Å². The van der Waals surface area contributed by atoms with Gasteiger partial charge in [-0.3, -0.25) is 14.6 Å². The van der Waals surface area contributed by atoms with Crippen molar-refractivity contribution in [3.05, 3.63) is 54.4 Å². The fraction of sp³-hybridized carbons (Fsp3) is 0.0714. The molecular weight excluding hydrogens is 242 g/mol. The number of carbonyl (C=O) groups excluding carboxylic acids is 2. The number of amides is 2. The molecule has 5 heteroatoms. The number of benzene rings is 1. The van der Waals surface area contributed by atoms with Gasteiger partial charge in [-0.2, -0.15) is 0 Å². The molecule has 0 aliphatic rings. The number of hydrogen-bond donors (Lipinski definition) is 2. The van der Waals surface area contributed by atoms with E-state index in [4.69, 9.17) is 0 Å². The van der Waals surface area contributed by atoms with Gasteiger partial charge in [0.2, 0.25) is 5.91 Å². The molecule has 0 saturated heterocycles. The average molecular weight is 255 g/mol. The van der Waals surface area contributed by atoms with Crippen LogP contribution < -0.4 is 10.6 Å². The highest BCUT2D eigenvalue weighted by atomic mass is 16.2. The monoisotopic (exact) mass is 255 g/mol. The Morgan fingerprint density at radius 3 is 2.26 bits per heavy atom. The zero-order valence-corrected chi connectivity index (χ0v) is 10.4. The Morgan fingerprint density at radius 2 is 1.68 bits per heavy atom. The van der Waals surface area contributed by atoms with E-state index < -0.39 is 0 Å². The van der Waals surface area contributed by atoms with E-state index in [1.165, 1.54) is 13.1 Å². The lowest BCUT2D eigenvalue weighted by atomic mass is 10.2. The molecule has 2 amide bonds. The molecule has 1 heterocycles. The van der Waals surface area contributed by atoms with Gasteiger partial charge in [0, 0.05) is 19.3 Å². The van der Waals surface area contributed by atoms with Crippen LogP contribution in [0.15, 0.2) is 48.8 Å². The number of hydrogen-bond acceptors (Lipinski definition) is 3. The van der Waals surface area contributed by atoms with Crippen molar-refractivity contribution < 1.29 is 9.59 Å². The van der Waals surface area contributed by atoms with Crippen LogP contribution in [0.3, 0.4) is 0 Å². The van der Waals surface area contributed by atoms with Crippen molar-refractivity contribution in [2.45, 2.75) is 6.92 Å². The first-order valence-electron chi connectivity index (χ1n) is 5.75. The fourth-order valence-corrected chi connectivity index (χ4v) is 1.58. The van der Waals surface area contributed by atoms with Gasteiger partial charge in [-0.1, -0.05) is 12.1 Å². The van der Waals surface area contributed by atoms with Gasteiger partial charge in [0.05, 0.1) is 16.9 Å². The van der Waals surface area contributed by atoms with Gasteiger partial charge in [0.15, 0.2) is 0 Å². The molecule has 0 fully saturated rings. The van der Waals surface area contributed by atoms with Crippen LogP contribution in [-0.2, 0) is 4.79 Å². The van der Waals surface area contributed by atoms with Gasteiger partial charge in [-0.15, -0.1) is 0 Å². The normalized spacial score (nSPS) is 9.74. The predicted molar refractivity (Wildman–Crippen MR) is 72.9 cm³/mol. The summed E-state index contributed by atoms with van der Waals surface area (Å²) in [5.74, 6) is -0.464. The van der Waals surface area contributed by atoms with E-state index in [1.807, 2.05) is 0 Å². The van der Waals surface area contributed by atoms with E-state index in [0.717, 1.165) is 0 Å². The van der Waals surface area contributed by atoms with Crippen LogP contribution in [0.25, 0.3) is 0 Å². The van der Waals surface area contributed by atoms with Crippen molar-refractivity contribution in [3.8, 4) is 0 Å². The Hall–Kier alpha value is -2.69. The van der Waals surface area contributed by atoms with Crippen molar-refractivity contribution in [1.29, 1.82) is 0 Å². The molecule has 1 aromatic heterocycles. The van der Waals surface area contributed by atoms with Gasteiger partial charge in [0.25, 0.3) is 5.91 Å². The average Bonchev–Trinajstić information content (AvgIpc) is 2.41. The second-order valence-corrected chi connectivity index (χ2v) is 3.92. The molecule has 96 valence electrons. The van der Waals surface area contributed by atoms with Gasteiger partial charge in [-0.25, -0.2) is 0 Å². The fourth-order valence-electron chi connectivity index (χ4n) is 1.58. The number of anilines is 2. The number of aromatic nitrogens is 1. The third-order valence-corrected chi connectivity index (χ3v) is 2.41. The summed E-state index contributed by atoms with van der Waals surface area (Å²) < 4.78 is 0. The Kier molecular flexibility index (Phi) is 3.87. The summed E-state index contributed by atoms with van der Waals surface area (Å²) in [5.41, 5.74) is 1.57. The first kappa shape index (κ1) is 12.8. The largest absolute Gasteiger partial charge is 0.325 e. The molecule has 19 heavy (non-hydrogen) atoms. The summed E-state index contributed by atoms with van der Waals surface area (Å²) in [4.78, 5) is 27.0. The van der Waals surface area contributed by atoms with Gasteiger partial charge < -0.3 is 10.6 Å². The lowest BCUT2D eigenvalue weighted by Gasteiger charge is -2.10. The molecule has 0 spiro atoms. The highest BCUT2D eigenvalue weighted by molar-refractivity contribution is 6.06. The second kappa shape index (κ2) is 5.77. The summed E-state index contributed by atoms with van der Waals surface area (Å²) in [7, 11) is 0. The summed E-state index contributed by atoms with van der Waals surface area (Å²) in [5, 5.41) is 5.40. The highest BCUT2D eigenvalue weighted by Crippen LogP contribution is 2.21. The van der Waals surface area contributed by atoms with E-state index in [0.29, 0.717) is 16.9 Å². The third kappa shape index (κ3) is 3.38. The summed E-state index contributed by atoms with van der Waals surface area (Å²) in [6, 6.07) is 10.4. The van der Waals surface area contributed by atoms with Crippen LogP contribution in [0.2, 0.25) is 0 Å². The molecular formula is C14H13N3O2. The topological polar surface area (TPSA) is 71.1 Å². The van der Waals surface area contributed by atoms with Crippen LogP contribution in [0.5, 0.6) is 0 Å². The van der Waals surface area contributed by atoms with Crippen LogP contribution in [0, 0.1) is 0 Å². The minimum absolute atomic E-state index is 0.192. The Labute approximate surface area is 110 Å². The number of nitrogens with one attached hydrogen (secondary N) is 2. The minimum Gasteiger partial charge on any atom is -0.325 e. The standard InChI is InChI=1S/C14H13N3O2/c1-10(18)16-12-6-2-3-7-13(12)17-14(19)11-5-4-8-15-9-11/h2-9H,1H3,(H,16,18)(H,17,19). The van der Waals surface area contributed by atoms with Crippen LogP contribution >= 0.6 is 0 Å². The number of carbonyl (C=O) groups is 2. The number of para-hydroxylation sites is 2. The zero-order chi connectivity index (χ0) is 13.7. The molecule has 0 bridgehead atoms. The molecule has 2 aromatic rings. The number of pyridine rings is 1. The van der Waals surface area contributed by atoms with E-state index in [1.54, 1.807) is 42.6 Å². The van der Waals surface area contributed by atoms with Gasteiger partial charge >= 0.3 is 0 Å². The Morgan fingerprint density at radius 1 is 1.00 bits per heavy atom. The molecule has 2 N–H and O–H groups in total. The minimum atomic E-state index is -0.272. The number of rotatable bonds is 3. The second-order valence-electron chi connectivity index (χ2n) is 3.92. The smallest absolute Gasteiger partial charge is 0.257 e. The van der Waals surface area contributed by atoms with Crippen LogP contribution in [-0.4, -0.2) is 16.8 Å². The van der Waals surface area contributed by atoms with E-state index in [9.17, 15) is 9.59 Å². The zero-order valence-electron chi connectivity index (χ0n) is 10.4. The quantitative estimate of drug-likeness (QED) is 0.884. The Balaban J connectivity index is 2.19. The van der Waals surface area contributed by atoms with Crippen LogP contribution in [0.4, 0.5) is 11.4 Å². The maximum atomic E-state index is 12.0. The third-order valence-electron chi connectivity index (χ3n) is 2.41. The summed E-state index contributed by atoms with van der Waals surface area (Å²) >= 11 is 0. The molecule has 5 nitrogen and oxygen atoms in total. The molecule has 0 unspecified atom stereocenters. The first-order valence-corrected chi connectivity index (χ1v) is 5.75. The lowest BCUT2D eigenvalue weighted by molar-refractivity contribution is -0.114. The maximum Gasteiger partial charge on any atom is 0.257 e. The Bertz CT molecular complexity index is 597. The lowest BCUT2D eigenvalue weighted by Crippen LogP contribution is -2.15. The van der Waals surface area contributed by atoms with Gasteiger partial charge in [-0.05, 0) is 24.3 Å². The van der Waals surface area contributed by atoms with Crippen LogP contribution in [0.1, 0.15) is 17.3 Å². The maximum absolute atomic E-state index is 12.0. The first-order chi connectivity index (χ1) is 9.16. The molecule has 0 aliphatic heterocycles. The van der Waals surface area contributed by atoms with Crippen molar-refractivity contribution in [3.63, 3.8) is 0 Å². The molecule has 0 atom stereocenters. The summed E-state index contributed by atoms with van der Waals surface area (Å²) in [6.07, 6.45) is 3.08. The molecule has 0 aliphatic carbocycles. The highest BCUT2D eigenvalue weighted by Gasteiger charge is 2.09. The predicted octanol–water partition coefficient (Wildman–Crippen LogP) is 2.29. The molecule has 0 radical (unpaired) electrons. The van der Waals surface area contributed by atoms with E-state index in [2.05, 4.69) is 15.6 Å². The van der Waals surface area contributed by atoms with E-state index >= 15 is 0 Å². The summed E-state index contributed by atoms with van der Waals surface area (Å²) in [6.45, 7) is 1.42. The molecule has 2 rings (SSSR count).